The van der Waals surface area contributed by atoms with Gasteiger partial charge in [0.1, 0.15) is 10.9 Å². The molecular weight excluding hydrogens is 274 g/mol. The van der Waals surface area contributed by atoms with Crippen LogP contribution in [0.15, 0.2) is 36.5 Å². The number of nitrogens with zero attached hydrogens (tertiary/aromatic N) is 3. The van der Waals surface area contributed by atoms with Crippen molar-refractivity contribution in [3.8, 4) is 17.0 Å². The number of halogens is 1. The largest absolute Gasteiger partial charge is 0.496 e. The van der Waals surface area contributed by atoms with Gasteiger partial charge in [0.25, 0.3) is 0 Å². The lowest BCUT2D eigenvalue weighted by molar-refractivity contribution is 0.416. The molecule has 2 heterocycles. The van der Waals surface area contributed by atoms with Crippen LogP contribution in [0, 0.1) is 0 Å². The third kappa shape index (κ3) is 2.02. The van der Waals surface area contributed by atoms with Crippen molar-refractivity contribution in [2.75, 3.05) is 7.11 Å². The molecule has 2 aromatic heterocycles. The number of rotatable bonds is 3. The van der Waals surface area contributed by atoms with E-state index in [0.717, 1.165) is 34.6 Å². The molecule has 0 saturated heterocycles. The van der Waals surface area contributed by atoms with Crippen molar-refractivity contribution in [1.29, 1.82) is 0 Å². The second kappa shape index (κ2) is 5.13. The Balaban J connectivity index is 2.26. The van der Waals surface area contributed by atoms with Gasteiger partial charge in [0.2, 0.25) is 0 Å². The molecule has 0 aliphatic carbocycles. The number of para-hydroxylation sites is 1. The number of methoxy groups -OCH3 is 1. The van der Waals surface area contributed by atoms with Gasteiger partial charge in [-0.05, 0) is 18.6 Å². The highest BCUT2D eigenvalue weighted by Gasteiger charge is 2.12. The first-order valence-corrected chi connectivity index (χ1v) is 6.79. The zero-order chi connectivity index (χ0) is 14.1. The van der Waals surface area contributed by atoms with Gasteiger partial charge in [0, 0.05) is 17.2 Å². The lowest BCUT2D eigenvalue weighted by Gasteiger charge is -2.09. The monoisotopic (exact) mass is 287 g/mol. The summed E-state index contributed by atoms with van der Waals surface area (Å²) in [5, 5.41) is 4.79. The smallest absolute Gasteiger partial charge is 0.160 e. The van der Waals surface area contributed by atoms with Gasteiger partial charge in [0.15, 0.2) is 5.65 Å². The summed E-state index contributed by atoms with van der Waals surface area (Å²) in [5.41, 5.74) is 3.57. The average molecular weight is 288 g/mol. The maximum absolute atomic E-state index is 6.30. The highest BCUT2D eigenvalue weighted by Crippen LogP contribution is 2.30. The molecule has 0 radical (unpaired) electrons. The maximum atomic E-state index is 6.30. The highest BCUT2D eigenvalue weighted by molar-refractivity contribution is 6.30. The van der Waals surface area contributed by atoms with E-state index >= 15 is 0 Å². The molecule has 0 fully saturated rings. The minimum absolute atomic E-state index is 0.538. The van der Waals surface area contributed by atoms with Gasteiger partial charge < -0.3 is 4.74 Å². The van der Waals surface area contributed by atoms with Crippen LogP contribution in [0.2, 0.25) is 5.15 Å². The molecule has 4 nitrogen and oxygen atoms in total. The standard InChI is InChI=1S/C15H14ClN3O/c1-3-10-9-17-19-14(16)8-12(18-15(10)19)11-6-4-5-7-13(11)20-2/h4-9H,3H2,1-2H3. The molecule has 0 aliphatic heterocycles. The van der Waals surface area contributed by atoms with Crippen LogP contribution in [0.1, 0.15) is 12.5 Å². The Labute approximate surface area is 122 Å². The second-order valence-electron chi connectivity index (χ2n) is 4.42. The zero-order valence-electron chi connectivity index (χ0n) is 11.3. The van der Waals surface area contributed by atoms with E-state index in [1.807, 2.05) is 24.3 Å². The van der Waals surface area contributed by atoms with Crippen LogP contribution in [0.5, 0.6) is 5.75 Å². The van der Waals surface area contributed by atoms with Crippen molar-refractivity contribution in [1.82, 2.24) is 14.6 Å². The number of hydrogen-bond acceptors (Lipinski definition) is 3. The van der Waals surface area contributed by atoms with E-state index in [9.17, 15) is 0 Å². The van der Waals surface area contributed by atoms with E-state index < -0.39 is 0 Å². The molecule has 3 rings (SSSR count). The molecule has 0 saturated carbocycles. The minimum atomic E-state index is 0.538. The van der Waals surface area contributed by atoms with Gasteiger partial charge in [-0.2, -0.15) is 5.10 Å². The number of benzene rings is 1. The van der Waals surface area contributed by atoms with Gasteiger partial charge in [0.05, 0.1) is 19.0 Å². The molecule has 0 unspecified atom stereocenters. The van der Waals surface area contributed by atoms with E-state index in [-0.39, 0.29) is 0 Å². The van der Waals surface area contributed by atoms with Crippen molar-refractivity contribution in [2.45, 2.75) is 13.3 Å². The molecule has 102 valence electrons. The summed E-state index contributed by atoms with van der Waals surface area (Å²) in [6.45, 7) is 2.07. The van der Waals surface area contributed by atoms with Crippen LogP contribution in [0.3, 0.4) is 0 Å². The fourth-order valence-electron chi connectivity index (χ4n) is 2.22. The molecule has 20 heavy (non-hydrogen) atoms. The first-order valence-electron chi connectivity index (χ1n) is 6.41. The second-order valence-corrected chi connectivity index (χ2v) is 4.81. The normalized spacial score (nSPS) is 10.9. The molecule has 3 aromatic rings. The summed E-state index contributed by atoms with van der Waals surface area (Å²) in [7, 11) is 1.65. The van der Waals surface area contributed by atoms with Gasteiger partial charge in [-0.1, -0.05) is 30.7 Å². The topological polar surface area (TPSA) is 39.4 Å². The molecule has 0 aliphatic rings. The molecule has 0 amide bonds. The third-order valence-electron chi connectivity index (χ3n) is 3.27. The third-order valence-corrected chi connectivity index (χ3v) is 3.53. The first-order chi connectivity index (χ1) is 9.74. The number of aromatic nitrogens is 3. The molecule has 5 heteroatoms. The lowest BCUT2D eigenvalue weighted by Crippen LogP contribution is -1.97. The van der Waals surface area contributed by atoms with Gasteiger partial charge in [-0.3, -0.25) is 0 Å². The molecule has 0 N–H and O–H groups in total. The molecule has 0 atom stereocenters. The Hall–Kier alpha value is -2.07. The zero-order valence-corrected chi connectivity index (χ0v) is 12.1. The molecule has 0 bridgehead atoms. The van der Waals surface area contributed by atoms with E-state index in [0.29, 0.717) is 5.15 Å². The number of fused-ring (bicyclic) bond motifs is 1. The number of aryl methyl sites for hydroxylation is 1. The summed E-state index contributed by atoms with van der Waals surface area (Å²) in [6.07, 6.45) is 2.67. The van der Waals surface area contributed by atoms with Gasteiger partial charge >= 0.3 is 0 Å². The van der Waals surface area contributed by atoms with Crippen molar-refractivity contribution in [3.63, 3.8) is 0 Å². The summed E-state index contributed by atoms with van der Waals surface area (Å²) < 4.78 is 7.04. The van der Waals surface area contributed by atoms with Crippen LogP contribution in [0.4, 0.5) is 0 Å². The Kier molecular flexibility index (Phi) is 3.32. The number of ether oxygens (including phenoxy) is 1. The molecule has 1 aromatic carbocycles. The van der Waals surface area contributed by atoms with E-state index in [1.54, 1.807) is 23.9 Å². The van der Waals surface area contributed by atoms with Crippen molar-refractivity contribution >= 4 is 17.2 Å². The fraction of sp³-hybridized carbons (Fsp3) is 0.200. The predicted molar refractivity (Wildman–Crippen MR) is 79.4 cm³/mol. The van der Waals surface area contributed by atoms with E-state index in [1.165, 1.54) is 0 Å². The Morgan fingerprint density at radius 1 is 1.30 bits per heavy atom. The average Bonchev–Trinajstić information content (AvgIpc) is 2.90. The van der Waals surface area contributed by atoms with Crippen molar-refractivity contribution in [2.24, 2.45) is 0 Å². The van der Waals surface area contributed by atoms with Crippen molar-refractivity contribution in [3.05, 3.63) is 47.2 Å². The van der Waals surface area contributed by atoms with Gasteiger partial charge in [-0.25, -0.2) is 9.50 Å². The Morgan fingerprint density at radius 3 is 2.85 bits per heavy atom. The predicted octanol–water partition coefficient (Wildman–Crippen LogP) is 3.62. The van der Waals surface area contributed by atoms with Crippen LogP contribution >= 0.6 is 11.6 Å². The summed E-state index contributed by atoms with van der Waals surface area (Å²) in [4.78, 5) is 4.68. The fourth-order valence-corrected chi connectivity index (χ4v) is 2.44. The minimum Gasteiger partial charge on any atom is -0.496 e. The summed E-state index contributed by atoms with van der Waals surface area (Å²) in [6, 6.07) is 9.56. The maximum Gasteiger partial charge on any atom is 0.160 e. The summed E-state index contributed by atoms with van der Waals surface area (Å²) in [5.74, 6) is 0.776. The Bertz CT molecular complexity index is 767. The van der Waals surface area contributed by atoms with Crippen LogP contribution in [-0.4, -0.2) is 21.7 Å². The Morgan fingerprint density at radius 2 is 2.10 bits per heavy atom. The quantitative estimate of drug-likeness (QED) is 0.691. The first kappa shape index (κ1) is 12.9. The molecule has 0 spiro atoms. The summed E-state index contributed by atoms with van der Waals surface area (Å²) >= 11 is 6.30. The van der Waals surface area contributed by atoms with Crippen LogP contribution in [0.25, 0.3) is 16.9 Å². The van der Waals surface area contributed by atoms with Crippen LogP contribution in [-0.2, 0) is 6.42 Å². The lowest BCUT2D eigenvalue weighted by atomic mass is 10.1. The van der Waals surface area contributed by atoms with E-state index in [2.05, 4.69) is 17.0 Å². The van der Waals surface area contributed by atoms with Crippen LogP contribution < -0.4 is 4.74 Å². The highest BCUT2D eigenvalue weighted by atomic mass is 35.5. The van der Waals surface area contributed by atoms with Gasteiger partial charge in [-0.15, -0.1) is 0 Å². The van der Waals surface area contributed by atoms with E-state index in [4.69, 9.17) is 16.3 Å². The van der Waals surface area contributed by atoms with Crippen molar-refractivity contribution < 1.29 is 4.74 Å². The molecular formula is C15H14ClN3O. The SMILES string of the molecule is CCc1cnn2c(Cl)cc(-c3ccccc3OC)nc12. The number of hydrogen-bond donors (Lipinski definition) is 0.